The largest absolute Gasteiger partial charge is 0.363 e. The molecule has 0 radical (unpaired) electrons. The molecule has 0 N–H and O–H groups in total. The van der Waals surface area contributed by atoms with E-state index in [0.29, 0.717) is 12.1 Å². The van der Waals surface area contributed by atoms with Crippen molar-refractivity contribution in [2.24, 2.45) is 0 Å². The predicted molar refractivity (Wildman–Crippen MR) is 83.5 cm³/mol. The van der Waals surface area contributed by atoms with E-state index in [9.17, 15) is 4.79 Å². The maximum absolute atomic E-state index is 12.6. The van der Waals surface area contributed by atoms with Crippen molar-refractivity contribution in [1.29, 1.82) is 0 Å². The summed E-state index contributed by atoms with van der Waals surface area (Å²) >= 11 is 0. The topological polar surface area (TPSA) is 36.4 Å². The Bertz CT molecular complexity index is 649. The maximum atomic E-state index is 12.6. The summed E-state index contributed by atoms with van der Waals surface area (Å²) in [5.74, 6) is 0.915. The minimum Gasteiger partial charge on any atom is -0.363 e. The van der Waals surface area contributed by atoms with Gasteiger partial charge in [-0.2, -0.15) is 0 Å². The van der Waals surface area contributed by atoms with Crippen LogP contribution in [0.1, 0.15) is 21.5 Å². The van der Waals surface area contributed by atoms with E-state index >= 15 is 0 Å². The van der Waals surface area contributed by atoms with Crippen LogP contribution in [0.5, 0.6) is 0 Å². The van der Waals surface area contributed by atoms with Gasteiger partial charge in [0.25, 0.3) is 5.91 Å². The lowest BCUT2D eigenvalue weighted by molar-refractivity contribution is 0.0734. The van der Waals surface area contributed by atoms with Crippen LogP contribution in [0.2, 0.25) is 0 Å². The molecule has 0 saturated carbocycles. The zero-order valence-electron chi connectivity index (χ0n) is 12.4. The molecule has 2 heterocycles. The fraction of sp³-hybridized carbons (Fsp3) is 0.294. The Kier molecular flexibility index (Phi) is 3.60. The van der Waals surface area contributed by atoms with E-state index in [4.69, 9.17) is 0 Å². The Morgan fingerprint density at radius 1 is 1.14 bits per heavy atom. The van der Waals surface area contributed by atoms with Gasteiger partial charge in [-0.25, -0.2) is 4.98 Å². The summed E-state index contributed by atoms with van der Waals surface area (Å²) in [6, 6.07) is 12.1. The second kappa shape index (κ2) is 5.56. The van der Waals surface area contributed by atoms with Crippen LogP contribution in [-0.4, -0.2) is 36.4 Å². The van der Waals surface area contributed by atoms with Gasteiger partial charge in [-0.3, -0.25) is 4.79 Å². The number of carbonyl (C=O) groups excluding carboxylic acids is 1. The van der Waals surface area contributed by atoms with Crippen LogP contribution in [0.4, 0.5) is 5.82 Å². The third kappa shape index (κ3) is 2.75. The number of pyridine rings is 1. The van der Waals surface area contributed by atoms with Gasteiger partial charge < -0.3 is 9.80 Å². The smallest absolute Gasteiger partial charge is 0.255 e. The zero-order valence-corrected chi connectivity index (χ0v) is 12.4. The molecule has 0 fully saturated rings. The van der Waals surface area contributed by atoms with Crippen molar-refractivity contribution in [3.63, 3.8) is 0 Å². The average molecular weight is 281 g/mol. The minimum absolute atomic E-state index is 0.0577. The molecule has 1 aliphatic rings. The maximum Gasteiger partial charge on any atom is 0.255 e. The van der Waals surface area contributed by atoms with Gasteiger partial charge in [0, 0.05) is 33.4 Å². The van der Waals surface area contributed by atoms with Crippen LogP contribution in [0.3, 0.4) is 0 Å². The van der Waals surface area contributed by atoms with Gasteiger partial charge in [-0.15, -0.1) is 0 Å². The second-order valence-electron chi connectivity index (χ2n) is 5.54. The highest BCUT2D eigenvalue weighted by molar-refractivity contribution is 5.94. The minimum atomic E-state index is 0.0577. The third-order valence-electron chi connectivity index (χ3n) is 3.87. The van der Waals surface area contributed by atoms with Crippen LogP contribution < -0.4 is 4.90 Å². The van der Waals surface area contributed by atoms with Crippen LogP contribution in [-0.2, 0) is 13.0 Å². The molecule has 4 heteroatoms. The molecule has 108 valence electrons. The monoisotopic (exact) mass is 281 g/mol. The molecule has 0 saturated heterocycles. The van der Waals surface area contributed by atoms with Crippen molar-refractivity contribution < 1.29 is 4.79 Å². The first kappa shape index (κ1) is 13.6. The summed E-state index contributed by atoms with van der Waals surface area (Å²) in [5, 5.41) is 0. The van der Waals surface area contributed by atoms with Crippen LogP contribution >= 0.6 is 0 Å². The lowest BCUT2D eigenvalue weighted by atomic mass is 9.99. The van der Waals surface area contributed by atoms with Gasteiger partial charge in [-0.05, 0) is 29.7 Å². The van der Waals surface area contributed by atoms with Gasteiger partial charge in [0.05, 0.1) is 5.56 Å². The number of carbonyl (C=O) groups is 1. The molecule has 2 aromatic rings. The molecular weight excluding hydrogens is 262 g/mol. The number of aromatic nitrogens is 1. The van der Waals surface area contributed by atoms with Gasteiger partial charge in [0.15, 0.2) is 0 Å². The normalized spacial score (nSPS) is 13.7. The Morgan fingerprint density at radius 2 is 1.90 bits per heavy atom. The van der Waals surface area contributed by atoms with E-state index in [2.05, 4.69) is 23.2 Å². The van der Waals surface area contributed by atoms with Gasteiger partial charge in [0.2, 0.25) is 0 Å². The summed E-state index contributed by atoms with van der Waals surface area (Å²) in [6.07, 6.45) is 2.59. The first-order chi connectivity index (χ1) is 10.1. The summed E-state index contributed by atoms with van der Waals surface area (Å²) in [5.41, 5.74) is 3.25. The summed E-state index contributed by atoms with van der Waals surface area (Å²) in [4.78, 5) is 20.7. The van der Waals surface area contributed by atoms with E-state index in [1.807, 2.05) is 42.1 Å². The highest BCUT2D eigenvalue weighted by Crippen LogP contribution is 2.20. The Balaban J connectivity index is 1.77. The number of rotatable bonds is 2. The van der Waals surface area contributed by atoms with Crippen molar-refractivity contribution >= 4 is 11.7 Å². The van der Waals surface area contributed by atoms with E-state index < -0.39 is 0 Å². The average Bonchev–Trinajstić information content (AvgIpc) is 2.54. The van der Waals surface area contributed by atoms with Gasteiger partial charge in [0.1, 0.15) is 5.82 Å². The molecule has 0 spiro atoms. The first-order valence-electron chi connectivity index (χ1n) is 7.14. The number of nitrogens with zero attached hydrogens (tertiary/aromatic N) is 3. The molecule has 1 amide bonds. The van der Waals surface area contributed by atoms with Crippen molar-refractivity contribution in [2.45, 2.75) is 13.0 Å². The molecule has 0 atom stereocenters. The number of hydrogen-bond donors (Lipinski definition) is 0. The van der Waals surface area contributed by atoms with Crippen LogP contribution in [0.15, 0.2) is 42.6 Å². The lowest BCUT2D eigenvalue weighted by Gasteiger charge is -2.29. The Labute approximate surface area is 125 Å². The third-order valence-corrected chi connectivity index (χ3v) is 3.87. The molecule has 21 heavy (non-hydrogen) atoms. The Morgan fingerprint density at radius 3 is 2.57 bits per heavy atom. The number of anilines is 1. The standard InChI is InChI=1S/C17H19N3O/c1-19(2)16-8-7-14(11-18-16)17(21)20-10-9-13-5-3-4-6-15(13)12-20/h3-8,11H,9-10,12H2,1-2H3. The zero-order chi connectivity index (χ0) is 14.8. The highest BCUT2D eigenvalue weighted by atomic mass is 16.2. The van der Waals surface area contributed by atoms with E-state index in [1.54, 1.807) is 6.20 Å². The summed E-state index contributed by atoms with van der Waals surface area (Å²) in [6.45, 7) is 1.45. The van der Waals surface area contributed by atoms with E-state index in [-0.39, 0.29) is 5.91 Å². The van der Waals surface area contributed by atoms with Crippen molar-refractivity contribution in [3.8, 4) is 0 Å². The fourth-order valence-corrected chi connectivity index (χ4v) is 2.63. The fourth-order valence-electron chi connectivity index (χ4n) is 2.63. The number of benzene rings is 1. The molecule has 1 aromatic carbocycles. The quantitative estimate of drug-likeness (QED) is 0.848. The van der Waals surface area contributed by atoms with E-state index in [0.717, 1.165) is 18.8 Å². The Hall–Kier alpha value is -2.36. The molecule has 0 bridgehead atoms. The van der Waals surface area contributed by atoms with Crippen molar-refractivity contribution in [2.75, 3.05) is 25.5 Å². The first-order valence-corrected chi connectivity index (χ1v) is 7.14. The van der Waals surface area contributed by atoms with Crippen molar-refractivity contribution in [1.82, 2.24) is 9.88 Å². The van der Waals surface area contributed by atoms with Gasteiger partial charge in [-0.1, -0.05) is 24.3 Å². The van der Waals surface area contributed by atoms with Crippen molar-refractivity contribution in [3.05, 3.63) is 59.3 Å². The molecule has 1 aliphatic heterocycles. The van der Waals surface area contributed by atoms with E-state index in [1.165, 1.54) is 11.1 Å². The molecule has 1 aromatic heterocycles. The van der Waals surface area contributed by atoms with Crippen LogP contribution in [0.25, 0.3) is 0 Å². The summed E-state index contributed by atoms with van der Waals surface area (Å²) in [7, 11) is 3.87. The molecule has 0 aliphatic carbocycles. The number of hydrogen-bond acceptors (Lipinski definition) is 3. The predicted octanol–water partition coefficient (Wildman–Crippen LogP) is 2.35. The highest BCUT2D eigenvalue weighted by Gasteiger charge is 2.21. The number of amides is 1. The molecular formula is C17H19N3O. The molecule has 0 unspecified atom stereocenters. The second-order valence-corrected chi connectivity index (χ2v) is 5.54. The molecule has 4 nitrogen and oxygen atoms in total. The van der Waals surface area contributed by atoms with Crippen LogP contribution in [0, 0.1) is 0 Å². The lowest BCUT2D eigenvalue weighted by Crippen LogP contribution is -2.36. The summed E-state index contributed by atoms with van der Waals surface area (Å²) < 4.78 is 0. The number of fused-ring (bicyclic) bond motifs is 1. The molecule has 3 rings (SSSR count). The SMILES string of the molecule is CN(C)c1ccc(C(=O)N2CCc3ccccc3C2)cn1. The van der Waals surface area contributed by atoms with Gasteiger partial charge >= 0.3 is 0 Å².